The van der Waals surface area contributed by atoms with Crippen LogP contribution in [0.5, 0.6) is 0 Å². The van der Waals surface area contributed by atoms with Gasteiger partial charge in [-0.2, -0.15) is 0 Å². The van der Waals surface area contributed by atoms with Crippen molar-refractivity contribution in [3.05, 3.63) is 69.5 Å². The highest BCUT2D eigenvalue weighted by molar-refractivity contribution is 6.35. The summed E-state index contributed by atoms with van der Waals surface area (Å²) in [5.41, 5.74) is 1.20. The van der Waals surface area contributed by atoms with Gasteiger partial charge in [-0.05, 0) is 42.8 Å². The third-order valence-corrected chi connectivity index (χ3v) is 3.28. The molecule has 2 aromatic carbocycles. The highest BCUT2D eigenvalue weighted by atomic mass is 35.5. The number of nitrogens with one attached hydrogen (secondary N) is 1. The second-order valence-corrected chi connectivity index (χ2v) is 5.28. The molecule has 0 unspecified atom stereocenters. The number of carbonyl (C=O) groups is 1. The quantitative estimate of drug-likeness (QED) is 0.880. The fourth-order valence-electron chi connectivity index (χ4n) is 1.80. The molecule has 0 heterocycles. The van der Waals surface area contributed by atoms with Crippen LogP contribution in [0, 0.1) is 5.82 Å². The fourth-order valence-corrected chi connectivity index (χ4v) is 2.33. The molecular weight excluding hydrogens is 300 g/mol. The number of carbonyl (C=O) groups excluding carboxylic acids is 1. The van der Waals surface area contributed by atoms with Gasteiger partial charge in [-0.3, -0.25) is 4.79 Å². The normalized spacial score (nSPS) is 12.0. The van der Waals surface area contributed by atoms with Crippen LogP contribution in [0.4, 0.5) is 4.39 Å². The van der Waals surface area contributed by atoms with Crippen molar-refractivity contribution in [3.63, 3.8) is 0 Å². The van der Waals surface area contributed by atoms with Gasteiger partial charge in [0.05, 0.1) is 6.04 Å². The predicted molar refractivity (Wildman–Crippen MR) is 78.7 cm³/mol. The third kappa shape index (κ3) is 3.71. The molecule has 2 aromatic rings. The van der Waals surface area contributed by atoms with Crippen LogP contribution in [0.25, 0.3) is 0 Å². The van der Waals surface area contributed by atoms with Crippen LogP contribution in [0.3, 0.4) is 0 Å². The maximum absolute atomic E-state index is 12.8. The number of halogens is 3. The average molecular weight is 312 g/mol. The van der Waals surface area contributed by atoms with Crippen molar-refractivity contribution in [1.29, 1.82) is 0 Å². The maximum Gasteiger partial charge on any atom is 0.251 e. The van der Waals surface area contributed by atoms with Crippen molar-refractivity contribution in [2.24, 2.45) is 0 Å². The minimum absolute atomic E-state index is 0.249. The van der Waals surface area contributed by atoms with Crippen LogP contribution in [0.1, 0.15) is 28.9 Å². The average Bonchev–Trinajstić information content (AvgIpc) is 2.38. The molecule has 0 saturated carbocycles. The standard InChI is InChI=1S/C15H12Cl2FNO/c1-9(10-2-4-14(18)5-3-10)19-15(20)11-6-12(16)8-13(17)7-11/h2-9H,1H3,(H,19,20)/t9-/m0/s1. The van der Waals surface area contributed by atoms with Crippen molar-refractivity contribution in [3.8, 4) is 0 Å². The number of benzene rings is 2. The van der Waals surface area contributed by atoms with Gasteiger partial charge in [-0.25, -0.2) is 4.39 Å². The van der Waals surface area contributed by atoms with E-state index in [1.807, 2.05) is 6.92 Å². The van der Waals surface area contributed by atoms with Gasteiger partial charge in [0.1, 0.15) is 5.82 Å². The Morgan fingerprint density at radius 2 is 1.65 bits per heavy atom. The van der Waals surface area contributed by atoms with E-state index in [9.17, 15) is 9.18 Å². The molecule has 1 amide bonds. The number of rotatable bonds is 3. The zero-order valence-corrected chi connectivity index (χ0v) is 12.2. The molecular formula is C15H12Cl2FNO. The summed E-state index contributed by atoms with van der Waals surface area (Å²) < 4.78 is 12.8. The lowest BCUT2D eigenvalue weighted by atomic mass is 10.1. The van der Waals surface area contributed by atoms with Gasteiger partial charge in [0.15, 0.2) is 0 Å². The molecule has 0 aromatic heterocycles. The summed E-state index contributed by atoms with van der Waals surface area (Å²) in [5, 5.41) is 3.61. The first-order valence-corrected chi connectivity index (χ1v) is 6.74. The van der Waals surface area contributed by atoms with Crippen molar-refractivity contribution >= 4 is 29.1 Å². The highest BCUT2D eigenvalue weighted by Gasteiger charge is 2.12. The third-order valence-electron chi connectivity index (χ3n) is 2.84. The maximum atomic E-state index is 12.8. The first-order chi connectivity index (χ1) is 9.45. The molecule has 0 bridgehead atoms. The molecule has 2 rings (SSSR count). The lowest BCUT2D eigenvalue weighted by Crippen LogP contribution is -2.26. The Morgan fingerprint density at radius 1 is 1.10 bits per heavy atom. The van der Waals surface area contributed by atoms with Crippen LogP contribution in [0.15, 0.2) is 42.5 Å². The summed E-state index contributed by atoms with van der Waals surface area (Å²) in [5.74, 6) is -0.597. The summed E-state index contributed by atoms with van der Waals surface area (Å²) in [6, 6.07) is 10.4. The summed E-state index contributed by atoms with van der Waals surface area (Å²) in [6.45, 7) is 1.82. The first-order valence-electron chi connectivity index (χ1n) is 5.98. The molecule has 0 aliphatic carbocycles. The largest absolute Gasteiger partial charge is 0.346 e. The van der Waals surface area contributed by atoms with E-state index >= 15 is 0 Å². The fraction of sp³-hybridized carbons (Fsp3) is 0.133. The van der Waals surface area contributed by atoms with E-state index in [1.54, 1.807) is 30.3 Å². The van der Waals surface area contributed by atoms with E-state index < -0.39 is 0 Å². The minimum atomic E-state index is -0.311. The minimum Gasteiger partial charge on any atom is -0.346 e. The van der Waals surface area contributed by atoms with E-state index in [1.165, 1.54) is 12.1 Å². The molecule has 0 radical (unpaired) electrons. The summed E-state index contributed by atoms with van der Waals surface area (Å²) >= 11 is 11.7. The SMILES string of the molecule is C[C@H](NC(=O)c1cc(Cl)cc(Cl)c1)c1ccc(F)cc1. The number of hydrogen-bond donors (Lipinski definition) is 1. The second kappa shape index (κ2) is 6.25. The van der Waals surface area contributed by atoms with Crippen LogP contribution in [-0.4, -0.2) is 5.91 Å². The molecule has 2 nitrogen and oxygen atoms in total. The van der Waals surface area contributed by atoms with Crippen LogP contribution in [-0.2, 0) is 0 Å². The van der Waals surface area contributed by atoms with Gasteiger partial charge >= 0.3 is 0 Å². The Hall–Kier alpha value is -1.58. The van der Waals surface area contributed by atoms with Crippen molar-refractivity contribution in [2.75, 3.05) is 0 Å². The molecule has 0 aliphatic heterocycles. The molecule has 1 atom stereocenters. The zero-order chi connectivity index (χ0) is 14.7. The molecule has 0 aliphatic rings. The van der Waals surface area contributed by atoms with Crippen molar-refractivity contribution in [1.82, 2.24) is 5.32 Å². The summed E-state index contributed by atoms with van der Waals surface area (Å²) in [4.78, 5) is 12.1. The Balaban J connectivity index is 2.12. The van der Waals surface area contributed by atoms with Crippen LogP contribution in [0.2, 0.25) is 10.0 Å². The Labute approximate surface area is 126 Å². The van der Waals surface area contributed by atoms with Gasteiger partial charge in [-0.15, -0.1) is 0 Å². The number of hydrogen-bond acceptors (Lipinski definition) is 1. The van der Waals surface area contributed by atoms with Crippen LogP contribution >= 0.6 is 23.2 Å². The molecule has 20 heavy (non-hydrogen) atoms. The van der Waals surface area contributed by atoms with Gasteiger partial charge in [-0.1, -0.05) is 35.3 Å². The lowest BCUT2D eigenvalue weighted by Gasteiger charge is -2.14. The van der Waals surface area contributed by atoms with Crippen molar-refractivity contribution < 1.29 is 9.18 Å². The van der Waals surface area contributed by atoms with Gasteiger partial charge < -0.3 is 5.32 Å². The van der Waals surface area contributed by atoms with Gasteiger partial charge in [0.25, 0.3) is 5.91 Å². The smallest absolute Gasteiger partial charge is 0.251 e. The summed E-state index contributed by atoms with van der Waals surface area (Å²) in [6.07, 6.45) is 0. The Bertz CT molecular complexity index is 608. The van der Waals surface area contributed by atoms with Gasteiger partial charge in [0.2, 0.25) is 0 Å². The van der Waals surface area contributed by atoms with E-state index in [-0.39, 0.29) is 17.8 Å². The highest BCUT2D eigenvalue weighted by Crippen LogP contribution is 2.20. The topological polar surface area (TPSA) is 29.1 Å². The summed E-state index contributed by atoms with van der Waals surface area (Å²) in [7, 11) is 0. The monoisotopic (exact) mass is 311 g/mol. The van der Waals surface area contributed by atoms with Gasteiger partial charge in [0, 0.05) is 15.6 Å². The lowest BCUT2D eigenvalue weighted by molar-refractivity contribution is 0.0940. The molecule has 1 N–H and O–H groups in total. The Morgan fingerprint density at radius 3 is 2.20 bits per heavy atom. The van der Waals surface area contributed by atoms with E-state index in [2.05, 4.69) is 5.32 Å². The predicted octanol–water partition coefficient (Wildman–Crippen LogP) is 4.62. The molecule has 0 fully saturated rings. The number of amides is 1. The van der Waals surface area contributed by atoms with E-state index in [4.69, 9.17) is 23.2 Å². The molecule has 0 saturated heterocycles. The molecule has 5 heteroatoms. The first kappa shape index (κ1) is 14.8. The Kier molecular flexibility index (Phi) is 4.63. The van der Waals surface area contributed by atoms with Crippen LogP contribution < -0.4 is 5.32 Å². The van der Waals surface area contributed by atoms with Crippen molar-refractivity contribution in [2.45, 2.75) is 13.0 Å². The second-order valence-electron chi connectivity index (χ2n) is 4.40. The zero-order valence-electron chi connectivity index (χ0n) is 10.7. The van der Waals surface area contributed by atoms with E-state index in [0.717, 1.165) is 5.56 Å². The molecule has 0 spiro atoms. The molecule has 104 valence electrons. The van der Waals surface area contributed by atoms with E-state index in [0.29, 0.717) is 15.6 Å².